The zero-order valence-corrected chi connectivity index (χ0v) is 13.8. The van der Waals surface area contributed by atoms with Gasteiger partial charge in [-0.3, -0.25) is 9.59 Å². The average molecular weight is 331 g/mol. The number of hydrogen-bond donors (Lipinski definition) is 1. The number of carboxylic acid groups (broad SMARTS) is 1. The van der Waals surface area contributed by atoms with Crippen LogP contribution in [0.5, 0.6) is 0 Å². The molecule has 1 amide bonds. The number of carboxylic acids is 1. The number of carbonyl (C=O) groups excluding carboxylic acids is 1. The normalized spacial score (nSPS) is 18.3. The summed E-state index contributed by atoms with van der Waals surface area (Å²) in [5.74, 6) is -0.714. The molecule has 1 N–H and O–H groups in total. The minimum absolute atomic E-state index is 0.104. The Kier molecular flexibility index (Phi) is 4.57. The van der Waals surface area contributed by atoms with Gasteiger partial charge in [-0.15, -0.1) is 0 Å². The number of morpholine rings is 1. The second-order valence-corrected chi connectivity index (χ2v) is 6.40. The highest BCUT2D eigenvalue weighted by Gasteiger charge is 2.28. The molecule has 6 heteroatoms. The molecule has 24 heavy (non-hydrogen) atoms. The van der Waals surface area contributed by atoms with Crippen LogP contribution in [0.15, 0.2) is 28.9 Å². The van der Waals surface area contributed by atoms with Crippen LogP contribution in [-0.2, 0) is 9.53 Å². The molecule has 1 saturated heterocycles. The summed E-state index contributed by atoms with van der Waals surface area (Å²) in [7, 11) is 0. The predicted octanol–water partition coefficient (Wildman–Crippen LogP) is 2.87. The number of aliphatic carboxylic acids is 1. The molecule has 0 radical (unpaired) electrons. The van der Waals surface area contributed by atoms with E-state index < -0.39 is 12.1 Å². The van der Waals surface area contributed by atoms with Crippen LogP contribution in [0.2, 0.25) is 0 Å². The summed E-state index contributed by atoms with van der Waals surface area (Å²) in [6.45, 7) is 5.27. The van der Waals surface area contributed by atoms with Gasteiger partial charge >= 0.3 is 5.97 Å². The Hall–Kier alpha value is -2.34. The number of hydrogen-bond acceptors (Lipinski definition) is 4. The third kappa shape index (κ3) is 3.28. The summed E-state index contributed by atoms with van der Waals surface area (Å²) in [6, 6.07) is 5.88. The van der Waals surface area contributed by atoms with Crippen molar-refractivity contribution in [3.8, 4) is 0 Å². The Morgan fingerprint density at radius 3 is 2.88 bits per heavy atom. The molecule has 1 aliphatic heterocycles. The number of fused-ring (bicyclic) bond motifs is 1. The van der Waals surface area contributed by atoms with E-state index in [4.69, 9.17) is 14.3 Å². The van der Waals surface area contributed by atoms with Crippen molar-refractivity contribution in [3.05, 3.63) is 35.6 Å². The summed E-state index contributed by atoms with van der Waals surface area (Å²) in [5.41, 5.74) is 2.34. The summed E-state index contributed by atoms with van der Waals surface area (Å²) in [4.78, 5) is 25.3. The first-order valence-electron chi connectivity index (χ1n) is 8.09. The molecule has 0 bridgehead atoms. The molecule has 1 atom stereocenters. The maximum Gasteiger partial charge on any atom is 0.306 e. The zero-order chi connectivity index (χ0) is 17.3. The molecule has 128 valence electrons. The first-order valence-corrected chi connectivity index (χ1v) is 8.09. The molecule has 1 aliphatic rings. The molecule has 2 aromatic rings. The van der Waals surface area contributed by atoms with Crippen molar-refractivity contribution in [1.82, 2.24) is 4.90 Å². The second-order valence-electron chi connectivity index (χ2n) is 6.40. The Labute approximate surface area is 140 Å². The lowest BCUT2D eigenvalue weighted by atomic mass is 10.0. The summed E-state index contributed by atoms with van der Waals surface area (Å²) >= 11 is 0. The number of nitrogens with zero attached hydrogens (tertiary/aromatic N) is 1. The Bertz CT molecular complexity index is 764. The molecule has 0 spiro atoms. The molecule has 0 saturated carbocycles. The maximum absolute atomic E-state index is 12.9. The number of carbonyl (C=O) groups is 2. The van der Waals surface area contributed by atoms with Crippen LogP contribution in [0, 0.1) is 0 Å². The fraction of sp³-hybridized carbons (Fsp3) is 0.444. The number of ether oxygens (including phenoxy) is 1. The minimum atomic E-state index is -0.926. The van der Waals surface area contributed by atoms with E-state index in [1.54, 1.807) is 4.90 Å². The van der Waals surface area contributed by atoms with Crippen LogP contribution in [0.1, 0.15) is 42.1 Å². The van der Waals surface area contributed by atoms with Crippen LogP contribution in [0.25, 0.3) is 11.0 Å². The lowest BCUT2D eigenvalue weighted by molar-refractivity contribution is -0.141. The van der Waals surface area contributed by atoms with E-state index in [1.807, 2.05) is 18.2 Å². The van der Waals surface area contributed by atoms with Gasteiger partial charge < -0.3 is 19.2 Å². The van der Waals surface area contributed by atoms with E-state index in [-0.39, 0.29) is 18.9 Å². The third-order valence-electron chi connectivity index (χ3n) is 4.32. The predicted molar refractivity (Wildman–Crippen MR) is 88.2 cm³/mol. The van der Waals surface area contributed by atoms with E-state index >= 15 is 0 Å². The van der Waals surface area contributed by atoms with E-state index in [0.29, 0.717) is 30.2 Å². The van der Waals surface area contributed by atoms with Gasteiger partial charge in [-0.2, -0.15) is 0 Å². The number of rotatable bonds is 4. The van der Waals surface area contributed by atoms with Crippen molar-refractivity contribution in [2.45, 2.75) is 32.3 Å². The summed E-state index contributed by atoms with van der Waals surface area (Å²) in [6.07, 6.45) is 0.913. The van der Waals surface area contributed by atoms with Gasteiger partial charge in [0.1, 0.15) is 11.8 Å². The SMILES string of the molecule is CC(C)c1ccc2occ(C(=O)N3CCOC(CC(=O)O)C3)c2c1. The molecule has 1 unspecified atom stereocenters. The fourth-order valence-electron chi connectivity index (χ4n) is 2.96. The first kappa shape index (κ1) is 16.5. The smallest absolute Gasteiger partial charge is 0.306 e. The first-order chi connectivity index (χ1) is 11.5. The van der Waals surface area contributed by atoms with Gasteiger partial charge in [-0.1, -0.05) is 19.9 Å². The Morgan fingerprint density at radius 2 is 2.17 bits per heavy atom. The molecular weight excluding hydrogens is 310 g/mol. The topological polar surface area (TPSA) is 80.0 Å². The Balaban J connectivity index is 1.85. The van der Waals surface area contributed by atoms with Crippen LogP contribution < -0.4 is 0 Å². The maximum atomic E-state index is 12.9. The van der Waals surface area contributed by atoms with Crippen molar-refractivity contribution in [3.63, 3.8) is 0 Å². The number of furan rings is 1. The van der Waals surface area contributed by atoms with Crippen LogP contribution in [0.4, 0.5) is 0 Å². The highest BCUT2D eigenvalue weighted by molar-refractivity contribution is 6.06. The standard InChI is InChI=1S/C18H21NO5/c1-11(2)12-3-4-16-14(7-12)15(10-24-16)18(22)19-5-6-23-13(9-19)8-17(20)21/h3-4,7,10-11,13H,5-6,8-9H2,1-2H3,(H,20,21). The molecule has 2 heterocycles. The highest BCUT2D eigenvalue weighted by Crippen LogP contribution is 2.27. The quantitative estimate of drug-likeness (QED) is 0.932. The largest absolute Gasteiger partial charge is 0.481 e. The van der Waals surface area contributed by atoms with Gasteiger partial charge in [0.05, 0.1) is 24.7 Å². The summed E-state index contributed by atoms with van der Waals surface area (Å²) < 4.78 is 10.9. The van der Waals surface area contributed by atoms with Gasteiger partial charge in [0, 0.05) is 18.5 Å². The van der Waals surface area contributed by atoms with Crippen molar-refractivity contribution in [2.24, 2.45) is 0 Å². The minimum Gasteiger partial charge on any atom is -0.481 e. The van der Waals surface area contributed by atoms with Crippen LogP contribution in [0.3, 0.4) is 0 Å². The summed E-state index contributed by atoms with van der Waals surface area (Å²) in [5, 5.41) is 9.70. The third-order valence-corrected chi connectivity index (χ3v) is 4.32. The lowest BCUT2D eigenvalue weighted by Gasteiger charge is -2.32. The molecule has 6 nitrogen and oxygen atoms in total. The van der Waals surface area contributed by atoms with Gasteiger partial charge in [0.2, 0.25) is 0 Å². The highest BCUT2D eigenvalue weighted by atomic mass is 16.5. The van der Waals surface area contributed by atoms with E-state index in [9.17, 15) is 9.59 Å². The van der Waals surface area contributed by atoms with Crippen molar-refractivity contribution >= 4 is 22.8 Å². The molecule has 1 aromatic heterocycles. The van der Waals surface area contributed by atoms with E-state index in [2.05, 4.69) is 13.8 Å². The van der Waals surface area contributed by atoms with Gasteiger partial charge in [0.15, 0.2) is 0 Å². The second kappa shape index (κ2) is 6.65. The monoisotopic (exact) mass is 331 g/mol. The number of benzene rings is 1. The number of amides is 1. The molecule has 0 aliphatic carbocycles. The van der Waals surface area contributed by atoms with Gasteiger partial charge in [0.25, 0.3) is 5.91 Å². The molecule has 1 fully saturated rings. The molecule has 1 aromatic carbocycles. The van der Waals surface area contributed by atoms with Crippen molar-refractivity contribution < 1.29 is 23.8 Å². The average Bonchev–Trinajstić information content (AvgIpc) is 2.96. The van der Waals surface area contributed by atoms with Gasteiger partial charge in [-0.05, 0) is 23.6 Å². The molecule has 3 rings (SSSR count). The van der Waals surface area contributed by atoms with Crippen molar-refractivity contribution in [2.75, 3.05) is 19.7 Å². The molecular formula is C18H21NO5. The zero-order valence-electron chi connectivity index (χ0n) is 13.8. The fourth-order valence-corrected chi connectivity index (χ4v) is 2.96. The van der Waals surface area contributed by atoms with E-state index in [0.717, 1.165) is 10.9 Å². The van der Waals surface area contributed by atoms with Crippen LogP contribution >= 0.6 is 0 Å². The van der Waals surface area contributed by atoms with E-state index in [1.165, 1.54) is 6.26 Å². The lowest BCUT2D eigenvalue weighted by Crippen LogP contribution is -2.46. The van der Waals surface area contributed by atoms with Crippen LogP contribution in [-0.4, -0.2) is 47.7 Å². The Morgan fingerprint density at radius 1 is 1.38 bits per heavy atom. The van der Waals surface area contributed by atoms with Gasteiger partial charge in [-0.25, -0.2) is 0 Å². The van der Waals surface area contributed by atoms with Crippen molar-refractivity contribution in [1.29, 1.82) is 0 Å².